The summed E-state index contributed by atoms with van der Waals surface area (Å²) in [7, 11) is 1.75. The highest BCUT2D eigenvalue weighted by Crippen LogP contribution is 2.08. The second kappa shape index (κ2) is 14.5. The summed E-state index contributed by atoms with van der Waals surface area (Å²) in [6.45, 7) is 13.8. The van der Waals surface area contributed by atoms with Crippen molar-refractivity contribution in [3.05, 3.63) is 35.9 Å². The monoisotopic (exact) mass is 546 g/mol. The lowest BCUT2D eigenvalue weighted by atomic mass is 10.2. The zero-order valence-electron chi connectivity index (χ0n) is 19.3. The van der Waals surface area contributed by atoms with E-state index in [0.29, 0.717) is 13.1 Å². The van der Waals surface area contributed by atoms with E-state index in [0.717, 1.165) is 51.8 Å². The summed E-state index contributed by atoms with van der Waals surface area (Å²) in [5.74, 6) is 0.740. The van der Waals surface area contributed by atoms with Crippen LogP contribution in [0.2, 0.25) is 0 Å². The molecule has 0 unspecified atom stereocenters. The number of ether oxygens (including phenoxy) is 1. The average Bonchev–Trinajstić information content (AvgIpc) is 2.70. The maximum atomic E-state index is 11.6. The van der Waals surface area contributed by atoms with E-state index in [1.54, 1.807) is 7.05 Å². The molecule has 1 fully saturated rings. The van der Waals surface area contributed by atoms with Gasteiger partial charge < -0.3 is 20.7 Å². The number of guanidine groups is 1. The first-order chi connectivity index (χ1) is 14.4. The minimum Gasteiger partial charge on any atom is -0.444 e. The van der Waals surface area contributed by atoms with E-state index in [2.05, 4.69) is 61.1 Å². The van der Waals surface area contributed by atoms with E-state index in [1.807, 2.05) is 20.8 Å². The molecule has 1 aliphatic rings. The summed E-state index contributed by atoms with van der Waals surface area (Å²) in [6.07, 6.45) is -0.404. The molecular weight excluding hydrogens is 507 g/mol. The fourth-order valence-electron chi connectivity index (χ4n) is 3.23. The molecule has 0 aromatic heterocycles. The summed E-state index contributed by atoms with van der Waals surface area (Å²) >= 11 is 0. The standard InChI is InChI=1S/C22H38N6O2.HI/c1-22(2,3)30-21(29)26-11-10-24-20(23-4)25-12-13-27-14-16-28(17-15-27)18-19-8-6-5-7-9-19;/h5-9H,10-18H2,1-4H3,(H,26,29)(H2,23,24,25);1H. The molecular formula is C22H39IN6O2. The van der Waals surface area contributed by atoms with Crippen molar-refractivity contribution in [2.45, 2.75) is 32.9 Å². The SMILES string of the molecule is CN=C(NCCNC(=O)OC(C)(C)C)NCCN1CCN(Cc2ccccc2)CC1.I. The van der Waals surface area contributed by atoms with Crippen LogP contribution in [0, 0.1) is 0 Å². The van der Waals surface area contributed by atoms with Crippen LogP contribution in [-0.2, 0) is 11.3 Å². The van der Waals surface area contributed by atoms with Gasteiger partial charge in [0, 0.05) is 66.0 Å². The van der Waals surface area contributed by atoms with Crippen molar-refractivity contribution in [1.29, 1.82) is 0 Å². The van der Waals surface area contributed by atoms with Gasteiger partial charge in [0.05, 0.1) is 0 Å². The second-order valence-electron chi connectivity index (χ2n) is 8.46. The number of nitrogens with zero attached hydrogens (tertiary/aromatic N) is 3. The lowest BCUT2D eigenvalue weighted by Crippen LogP contribution is -2.49. The minimum atomic E-state index is -0.484. The Hall–Kier alpha value is -1.59. The van der Waals surface area contributed by atoms with Crippen LogP contribution in [0.5, 0.6) is 0 Å². The summed E-state index contributed by atoms with van der Waals surface area (Å²) in [5, 5.41) is 9.26. The largest absolute Gasteiger partial charge is 0.444 e. The number of halogens is 1. The van der Waals surface area contributed by atoms with Gasteiger partial charge >= 0.3 is 6.09 Å². The van der Waals surface area contributed by atoms with Gasteiger partial charge in [0.15, 0.2) is 5.96 Å². The highest BCUT2D eigenvalue weighted by molar-refractivity contribution is 14.0. The van der Waals surface area contributed by atoms with Crippen LogP contribution in [0.1, 0.15) is 26.3 Å². The molecule has 2 rings (SSSR count). The number of piperazine rings is 1. The molecule has 176 valence electrons. The Bertz CT molecular complexity index is 658. The van der Waals surface area contributed by atoms with Gasteiger partial charge in [-0.25, -0.2) is 4.79 Å². The van der Waals surface area contributed by atoms with Crippen molar-refractivity contribution in [2.24, 2.45) is 4.99 Å². The number of benzene rings is 1. The molecule has 1 heterocycles. The third-order valence-corrected chi connectivity index (χ3v) is 4.74. The molecule has 1 saturated heterocycles. The predicted molar refractivity (Wildman–Crippen MR) is 137 cm³/mol. The molecule has 0 saturated carbocycles. The van der Waals surface area contributed by atoms with E-state index >= 15 is 0 Å². The number of carbonyl (C=O) groups is 1. The molecule has 0 atom stereocenters. The molecule has 3 N–H and O–H groups in total. The van der Waals surface area contributed by atoms with E-state index in [1.165, 1.54) is 5.56 Å². The van der Waals surface area contributed by atoms with Gasteiger partial charge in [-0.1, -0.05) is 30.3 Å². The van der Waals surface area contributed by atoms with Crippen molar-refractivity contribution in [3.63, 3.8) is 0 Å². The lowest BCUT2D eigenvalue weighted by molar-refractivity contribution is 0.0529. The molecule has 1 aromatic carbocycles. The topological polar surface area (TPSA) is 81.2 Å². The minimum absolute atomic E-state index is 0. The average molecular weight is 546 g/mol. The van der Waals surface area contributed by atoms with Gasteiger partial charge in [0.1, 0.15) is 5.60 Å². The number of nitrogens with one attached hydrogen (secondary N) is 3. The van der Waals surface area contributed by atoms with Crippen LogP contribution >= 0.6 is 24.0 Å². The zero-order chi connectivity index (χ0) is 21.8. The molecule has 1 aliphatic heterocycles. The van der Waals surface area contributed by atoms with Crippen LogP contribution in [-0.4, -0.2) is 86.9 Å². The Kier molecular flexibility index (Phi) is 12.8. The summed E-state index contributed by atoms with van der Waals surface area (Å²) in [4.78, 5) is 20.8. The van der Waals surface area contributed by atoms with Crippen molar-refractivity contribution in [3.8, 4) is 0 Å². The van der Waals surface area contributed by atoms with Crippen molar-refractivity contribution >= 4 is 36.0 Å². The quantitative estimate of drug-likeness (QED) is 0.201. The Balaban J connectivity index is 0.00000480. The number of carbonyl (C=O) groups excluding carboxylic acids is 1. The molecule has 9 heteroatoms. The van der Waals surface area contributed by atoms with E-state index in [-0.39, 0.29) is 24.0 Å². The molecule has 0 spiro atoms. The fraction of sp³-hybridized carbons (Fsp3) is 0.636. The highest BCUT2D eigenvalue weighted by Gasteiger charge is 2.17. The van der Waals surface area contributed by atoms with Gasteiger partial charge in [-0.2, -0.15) is 0 Å². The predicted octanol–water partition coefficient (Wildman–Crippen LogP) is 2.11. The first-order valence-electron chi connectivity index (χ1n) is 10.8. The molecule has 0 radical (unpaired) electrons. The van der Waals surface area contributed by atoms with E-state index in [4.69, 9.17) is 4.74 Å². The Labute approximate surface area is 204 Å². The maximum Gasteiger partial charge on any atom is 0.407 e. The Morgan fingerprint density at radius 3 is 2.16 bits per heavy atom. The number of alkyl carbamates (subject to hydrolysis) is 1. The number of rotatable bonds is 8. The van der Waals surface area contributed by atoms with Gasteiger partial charge in [0.2, 0.25) is 0 Å². The lowest BCUT2D eigenvalue weighted by Gasteiger charge is -2.34. The first-order valence-corrected chi connectivity index (χ1v) is 10.8. The number of aliphatic imine (C=N–C) groups is 1. The van der Waals surface area contributed by atoms with Crippen molar-refractivity contribution in [2.75, 3.05) is 59.4 Å². The Morgan fingerprint density at radius 1 is 0.968 bits per heavy atom. The maximum absolute atomic E-state index is 11.6. The summed E-state index contributed by atoms with van der Waals surface area (Å²) in [6, 6.07) is 10.7. The van der Waals surface area contributed by atoms with Crippen LogP contribution in [0.4, 0.5) is 4.79 Å². The summed E-state index contributed by atoms with van der Waals surface area (Å²) < 4.78 is 5.21. The number of hydrogen-bond acceptors (Lipinski definition) is 5. The van der Waals surface area contributed by atoms with Crippen LogP contribution < -0.4 is 16.0 Å². The van der Waals surface area contributed by atoms with E-state index in [9.17, 15) is 4.79 Å². The van der Waals surface area contributed by atoms with Gasteiger partial charge in [-0.05, 0) is 26.3 Å². The molecule has 0 bridgehead atoms. The molecule has 31 heavy (non-hydrogen) atoms. The normalized spacial score (nSPS) is 15.7. The van der Waals surface area contributed by atoms with Gasteiger partial charge in [-0.3, -0.25) is 14.8 Å². The van der Waals surface area contributed by atoms with Crippen molar-refractivity contribution < 1.29 is 9.53 Å². The second-order valence-corrected chi connectivity index (χ2v) is 8.46. The van der Waals surface area contributed by atoms with Crippen LogP contribution in [0.3, 0.4) is 0 Å². The van der Waals surface area contributed by atoms with Crippen molar-refractivity contribution in [1.82, 2.24) is 25.8 Å². The summed E-state index contributed by atoms with van der Waals surface area (Å²) in [5.41, 5.74) is 0.894. The molecule has 0 aliphatic carbocycles. The van der Waals surface area contributed by atoms with E-state index < -0.39 is 11.7 Å². The van der Waals surface area contributed by atoms with Crippen LogP contribution in [0.25, 0.3) is 0 Å². The van der Waals surface area contributed by atoms with Crippen LogP contribution in [0.15, 0.2) is 35.3 Å². The highest BCUT2D eigenvalue weighted by atomic mass is 127. The fourth-order valence-corrected chi connectivity index (χ4v) is 3.23. The number of amides is 1. The zero-order valence-corrected chi connectivity index (χ0v) is 21.6. The smallest absolute Gasteiger partial charge is 0.407 e. The molecule has 1 aromatic rings. The Morgan fingerprint density at radius 2 is 1.55 bits per heavy atom. The molecule has 1 amide bonds. The van der Waals surface area contributed by atoms with Gasteiger partial charge in [-0.15, -0.1) is 24.0 Å². The third kappa shape index (κ3) is 12.1. The number of hydrogen-bond donors (Lipinski definition) is 3. The third-order valence-electron chi connectivity index (χ3n) is 4.74. The first kappa shape index (κ1) is 27.4. The molecule has 8 nitrogen and oxygen atoms in total. The van der Waals surface area contributed by atoms with Gasteiger partial charge in [0.25, 0.3) is 0 Å².